The molecule has 1 aromatic carbocycles. The van der Waals surface area contributed by atoms with E-state index in [1.807, 2.05) is 28.8 Å². The van der Waals surface area contributed by atoms with Crippen molar-refractivity contribution in [2.45, 2.75) is 6.54 Å². The summed E-state index contributed by atoms with van der Waals surface area (Å²) in [4.78, 5) is 17.5. The number of pyridine rings is 1. The lowest BCUT2D eigenvalue weighted by molar-refractivity contribution is 0.546. The van der Waals surface area contributed by atoms with Crippen molar-refractivity contribution in [1.82, 2.24) is 28.9 Å². The molecule has 0 radical (unpaired) electrons. The molecular formula is C19H12F2N6. The van der Waals surface area contributed by atoms with Crippen LogP contribution in [-0.2, 0) is 6.54 Å². The van der Waals surface area contributed by atoms with Crippen molar-refractivity contribution in [1.29, 1.82) is 0 Å². The van der Waals surface area contributed by atoms with Crippen molar-refractivity contribution < 1.29 is 8.78 Å². The Morgan fingerprint density at radius 2 is 1.74 bits per heavy atom. The molecule has 0 atom stereocenters. The zero-order chi connectivity index (χ0) is 18.4. The van der Waals surface area contributed by atoms with Gasteiger partial charge in [0.2, 0.25) is 0 Å². The number of fused-ring (bicyclic) bond motifs is 2. The quantitative estimate of drug-likeness (QED) is 0.493. The Labute approximate surface area is 151 Å². The van der Waals surface area contributed by atoms with Gasteiger partial charge in [-0.25, -0.2) is 28.7 Å². The molecule has 0 aliphatic rings. The summed E-state index contributed by atoms with van der Waals surface area (Å²) in [5, 5.41) is 0. The summed E-state index contributed by atoms with van der Waals surface area (Å²) in [5.74, 6) is -0.752. The van der Waals surface area contributed by atoms with Crippen LogP contribution in [0.4, 0.5) is 8.78 Å². The van der Waals surface area contributed by atoms with Gasteiger partial charge in [-0.2, -0.15) is 0 Å². The van der Waals surface area contributed by atoms with Crippen molar-refractivity contribution in [2.24, 2.45) is 0 Å². The van der Waals surface area contributed by atoms with Crippen molar-refractivity contribution in [2.75, 3.05) is 0 Å². The molecule has 0 saturated carbocycles. The largest absolute Gasteiger partial charge is 0.310 e. The monoisotopic (exact) mass is 362 g/mol. The van der Waals surface area contributed by atoms with E-state index in [1.165, 1.54) is 24.5 Å². The van der Waals surface area contributed by atoms with Crippen LogP contribution in [0.1, 0.15) is 5.56 Å². The predicted molar refractivity (Wildman–Crippen MR) is 95.0 cm³/mol. The molecule has 0 amide bonds. The first-order valence-corrected chi connectivity index (χ1v) is 8.24. The fraction of sp³-hybridized carbons (Fsp3) is 0.0526. The number of imidazole rings is 2. The fourth-order valence-electron chi connectivity index (χ4n) is 3.05. The van der Waals surface area contributed by atoms with Gasteiger partial charge in [0.1, 0.15) is 28.5 Å². The highest BCUT2D eigenvalue weighted by Gasteiger charge is 2.14. The molecule has 0 aliphatic carbocycles. The van der Waals surface area contributed by atoms with Crippen molar-refractivity contribution in [3.8, 4) is 11.5 Å². The fourth-order valence-corrected chi connectivity index (χ4v) is 3.05. The van der Waals surface area contributed by atoms with E-state index in [9.17, 15) is 8.78 Å². The topological polar surface area (TPSA) is 60.9 Å². The van der Waals surface area contributed by atoms with Gasteiger partial charge in [-0.1, -0.05) is 12.1 Å². The molecule has 0 spiro atoms. The van der Waals surface area contributed by atoms with Gasteiger partial charge in [-0.05, 0) is 24.3 Å². The second-order valence-corrected chi connectivity index (χ2v) is 6.05. The molecule has 132 valence electrons. The maximum absolute atomic E-state index is 14.0. The van der Waals surface area contributed by atoms with E-state index in [1.54, 1.807) is 17.0 Å². The number of rotatable bonds is 3. The van der Waals surface area contributed by atoms with Crippen molar-refractivity contribution in [3.05, 3.63) is 78.5 Å². The van der Waals surface area contributed by atoms with Crippen LogP contribution in [0.2, 0.25) is 0 Å². The average Bonchev–Trinajstić information content (AvgIpc) is 3.28. The molecule has 0 aliphatic heterocycles. The van der Waals surface area contributed by atoms with E-state index in [4.69, 9.17) is 0 Å². The first-order valence-electron chi connectivity index (χ1n) is 8.24. The summed E-state index contributed by atoms with van der Waals surface area (Å²) < 4.78 is 31.5. The second-order valence-electron chi connectivity index (χ2n) is 6.05. The SMILES string of the molecule is Fc1cccc(F)c1Cn1cnc2cnc(-c3cnc4ccccn34)nc21. The minimum atomic E-state index is -0.604. The highest BCUT2D eigenvalue weighted by atomic mass is 19.1. The van der Waals surface area contributed by atoms with Crippen LogP contribution in [0.15, 0.2) is 61.3 Å². The average molecular weight is 362 g/mol. The molecule has 0 N–H and O–H groups in total. The third kappa shape index (κ3) is 2.53. The summed E-state index contributed by atoms with van der Waals surface area (Å²) in [6.45, 7) is -0.0153. The van der Waals surface area contributed by atoms with E-state index in [-0.39, 0.29) is 12.1 Å². The minimum absolute atomic E-state index is 0.0153. The molecular weight excluding hydrogens is 350 g/mol. The Morgan fingerprint density at radius 3 is 2.59 bits per heavy atom. The Balaban J connectivity index is 1.63. The summed E-state index contributed by atoms with van der Waals surface area (Å²) in [5.41, 5.74) is 2.50. The first kappa shape index (κ1) is 15.6. The highest BCUT2D eigenvalue weighted by molar-refractivity contribution is 5.72. The lowest BCUT2D eigenvalue weighted by Crippen LogP contribution is -2.05. The zero-order valence-corrected chi connectivity index (χ0v) is 13.9. The Morgan fingerprint density at radius 1 is 0.889 bits per heavy atom. The Bertz CT molecular complexity index is 1270. The third-order valence-corrected chi connectivity index (χ3v) is 4.39. The van der Waals surface area contributed by atoms with Gasteiger partial charge in [0.25, 0.3) is 0 Å². The number of aromatic nitrogens is 6. The molecule has 5 rings (SSSR count). The van der Waals surface area contributed by atoms with Gasteiger partial charge in [-0.3, -0.25) is 4.40 Å². The summed E-state index contributed by atoms with van der Waals surface area (Å²) in [7, 11) is 0. The van der Waals surface area contributed by atoms with Crippen molar-refractivity contribution >= 4 is 16.8 Å². The van der Waals surface area contributed by atoms with Crippen LogP contribution in [0.3, 0.4) is 0 Å². The number of benzene rings is 1. The molecule has 0 saturated heterocycles. The van der Waals surface area contributed by atoms with Gasteiger partial charge in [0.05, 0.1) is 25.3 Å². The van der Waals surface area contributed by atoms with Crippen LogP contribution >= 0.6 is 0 Å². The van der Waals surface area contributed by atoms with Crippen LogP contribution in [0, 0.1) is 11.6 Å². The molecule has 6 nitrogen and oxygen atoms in total. The lowest BCUT2D eigenvalue weighted by Gasteiger charge is -2.07. The van der Waals surface area contributed by atoms with Crippen molar-refractivity contribution in [3.63, 3.8) is 0 Å². The molecule has 0 unspecified atom stereocenters. The molecule has 4 heterocycles. The maximum Gasteiger partial charge on any atom is 0.180 e. The third-order valence-electron chi connectivity index (χ3n) is 4.39. The van der Waals surface area contributed by atoms with Crippen LogP contribution in [0.25, 0.3) is 28.3 Å². The van der Waals surface area contributed by atoms with Gasteiger partial charge >= 0.3 is 0 Å². The van der Waals surface area contributed by atoms with Gasteiger partial charge < -0.3 is 4.57 Å². The Hall–Kier alpha value is -3.68. The van der Waals surface area contributed by atoms with Gasteiger partial charge in [0, 0.05) is 11.8 Å². The summed E-state index contributed by atoms with van der Waals surface area (Å²) in [6.07, 6.45) is 6.66. The number of nitrogens with zero attached hydrogens (tertiary/aromatic N) is 6. The summed E-state index contributed by atoms with van der Waals surface area (Å²) >= 11 is 0. The molecule has 5 aromatic rings. The standard InChI is InChI=1S/C19H12F2N6/c20-13-4-3-5-14(21)12(13)10-26-11-24-15-8-23-18(25-19(15)26)16-9-22-17-6-1-2-7-27(16)17/h1-9,11H,10H2. The Kier molecular flexibility index (Phi) is 3.43. The zero-order valence-electron chi connectivity index (χ0n) is 13.9. The van der Waals surface area contributed by atoms with E-state index in [0.29, 0.717) is 17.0 Å². The number of halogens is 2. The van der Waals surface area contributed by atoms with Crippen LogP contribution in [0.5, 0.6) is 0 Å². The molecule has 27 heavy (non-hydrogen) atoms. The van der Waals surface area contributed by atoms with E-state index < -0.39 is 11.6 Å². The smallest absolute Gasteiger partial charge is 0.180 e. The predicted octanol–water partition coefficient (Wildman–Crippen LogP) is 3.47. The van der Waals surface area contributed by atoms with E-state index in [2.05, 4.69) is 19.9 Å². The summed E-state index contributed by atoms with van der Waals surface area (Å²) in [6, 6.07) is 9.47. The van der Waals surface area contributed by atoms with Crippen LogP contribution in [-0.4, -0.2) is 28.9 Å². The van der Waals surface area contributed by atoms with Crippen LogP contribution < -0.4 is 0 Å². The molecule has 0 bridgehead atoms. The number of hydrogen-bond donors (Lipinski definition) is 0. The van der Waals surface area contributed by atoms with E-state index >= 15 is 0 Å². The molecule has 8 heteroatoms. The molecule has 4 aromatic heterocycles. The number of hydrogen-bond acceptors (Lipinski definition) is 4. The lowest BCUT2D eigenvalue weighted by atomic mass is 10.2. The maximum atomic E-state index is 14.0. The molecule has 0 fully saturated rings. The van der Waals surface area contributed by atoms with Gasteiger partial charge in [-0.15, -0.1) is 0 Å². The van der Waals surface area contributed by atoms with Gasteiger partial charge in [0.15, 0.2) is 11.5 Å². The normalized spacial score (nSPS) is 11.5. The highest BCUT2D eigenvalue weighted by Crippen LogP contribution is 2.21. The second kappa shape index (κ2) is 5.94. The first-order chi connectivity index (χ1) is 13.2. The minimum Gasteiger partial charge on any atom is -0.310 e. The van der Waals surface area contributed by atoms with E-state index in [0.717, 1.165) is 11.3 Å².